The minimum atomic E-state index is -3.31. The van der Waals surface area contributed by atoms with Gasteiger partial charge < -0.3 is 9.84 Å². The molecular weight excluding hydrogens is 256 g/mol. The highest BCUT2D eigenvalue weighted by molar-refractivity contribution is 7.91. The van der Waals surface area contributed by atoms with Crippen LogP contribution in [-0.2, 0) is 25.8 Å². The van der Waals surface area contributed by atoms with E-state index < -0.39 is 15.8 Å². The first-order chi connectivity index (χ1) is 8.45. The number of benzene rings is 1. The number of rotatable bonds is 7. The third-order valence-electron chi connectivity index (χ3n) is 2.47. The van der Waals surface area contributed by atoms with E-state index >= 15 is 0 Å². The van der Waals surface area contributed by atoms with Crippen molar-refractivity contribution < 1.29 is 23.1 Å². The van der Waals surface area contributed by atoms with Gasteiger partial charge >= 0.3 is 5.97 Å². The van der Waals surface area contributed by atoms with Crippen LogP contribution in [0.2, 0.25) is 0 Å². The molecule has 5 nitrogen and oxygen atoms in total. The number of aliphatic carboxylic acids is 1. The molecule has 6 heteroatoms. The summed E-state index contributed by atoms with van der Waals surface area (Å²) in [6.07, 6.45) is 0.434. The quantitative estimate of drug-likeness (QED) is 0.804. The maximum absolute atomic E-state index is 11.8. The Morgan fingerprint density at radius 1 is 1.28 bits per heavy atom. The van der Waals surface area contributed by atoms with Crippen LogP contribution in [0.15, 0.2) is 29.2 Å². The molecule has 0 aliphatic rings. The fourth-order valence-electron chi connectivity index (χ4n) is 1.43. The molecule has 0 aliphatic carbocycles. The van der Waals surface area contributed by atoms with E-state index in [4.69, 9.17) is 9.84 Å². The monoisotopic (exact) mass is 272 g/mol. The van der Waals surface area contributed by atoms with Gasteiger partial charge in [-0.15, -0.1) is 0 Å². The molecule has 0 bridgehead atoms. The van der Waals surface area contributed by atoms with E-state index in [0.717, 1.165) is 5.56 Å². The van der Waals surface area contributed by atoms with Crippen LogP contribution in [0.5, 0.6) is 0 Å². The van der Waals surface area contributed by atoms with Crippen molar-refractivity contribution in [3.8, 4) is 0 Å². The Morgan fingerprint density at radius 2 is 1.89 bits per heavy atom. The van der Waals surface area contributed by atoms with Crippen LogP contribution < -0.4 is 0 Å². The molecule has 100 valence electrons. The topological polar surface area (TPSA) is 80.7 Å². The number of carbonyl (C=O) groups is 1. The summed E-state index contributed by atoms with van der Waals surface area (Å²) in [5.41, 5.74) is 0.808. The fourth-order valence-corrected chi connectivity index (χ4v) is 2.60. The van der Waals surface area contributed by atoms with Gasteiger partial charge in [-0.2, -0.15) is 0 Å². The van der Waals surface area contributed by atoms with E-state index in [1.165, 1.54) is 19.2 Å². The number of aryl methyl sites for hydroxylation is 1. The predicted molar refractivity (Wildman–Crippen MR) is 66.3 cm³/mol. The zero-order valence-corrected chi connectivity index (χ0v) is 10.9. The Kier molecular flexibility index (Phi) is 5.30. The lowest BCUT2D eigenvalue weighted by Crippen LogP contribution is -2.11. The van der Waals surface area contributed by atoms with E-state index in [2.05, 4.69) is 0 Å². The average Bonchev–Trinajstić information content (AvgIpc) is 2.34. The van der Waals surface area contributed by atoms with Crippen LogP contribution in [-0.4, -0.2) is 39.0 Å². The lowest BCUT2D eigenvalue weighted by Gasteiger charge is -2.05. The summed E-state index contributed by atoms with van der Waals surface area (Å²) < 4.78 is 28.3. The number of hydrogen-bond acceptors (Lipinski definition) is 4. The van der Waals surface area contributed by atoms with Crippen molar-refractivity contribution in [3.05, 3.63) is 29.8 Å². The number of methoxy groups -OCH3 is 1. The molecule has 0 atom stereocenters. The zero-order chi connectivity index (χ0) is 13.6. The standard InChI is InChI=1S/C12H16O5S/c1-17-8-9-18(15,16)11-5-2-10(3-6-11)4-7-12(13)14/h2-3,5-6H,4,7-9H2,1H3,(H,13,14). The second kappa shape index (κ2) is 6.51. The molecule has 0 aliphatic heterocycles. The number of ether oxygens (including phenoxy) is 1. The first-order valence-electron chi connectivity index (χ1n) is 5.48. The maximum Gasteiger partial charge on any atom is 0.303 e. The normalized spacial score (nSPS) is 11.4. The van der Waals surface area contributed by atoms with Crippen LogP contribution >= 0.6 is 0 Å². The lowest BCUT2D eigenvalue weighted by atomic mass is 10.1. The molecule has 0 saturated heterocycles. The van der Waals surface area contributed by atoms with E-state index in [1.807, 2.05) is 0 Å². The highest BCUT2D eigenvalue weighted by Gasteiger charge is 2.13. The Bertz CT molecular complexity index is 490. The van der Waals surface area contributed by atoms with Gasteiger partial charge in [0.05, 0.1) is 17.3 Å². The average molecular weight is 272 g/mol. The molecule has 18 heavy (non-hydrogen) atoms. The van der Waals surface area contributed by atoms with Gasteiger partial charge in [-0.05, 0) is 24.1 Å². The molecule has 0 spiro atoms. The maximum atomic E-state index is 11.8. The van der Waals surface area contributed by atoms with Crippen LogP contribution in [0.4, 0.5) is 0 Å². The molecule has 1 aromatic carbocycles. The SMILES string of the molecule is COCCS(=O)(=O)c1ccc(CCC(=O)O)cc1. The summed E-state index contributed by atoms with van der Waals surface area (Å²) >= 11 is 0. The van der Waals surface area contributed by atoms with Gasteiger partial charge in [0.25, 0.3) is 0 Å². The summed E-state index contributed by atoms with van der Waals surface area (Å²) in [5, 5.41) is 8.55. The molecule has 1 aromatic rings. The molecule has 0 aromatic heterocycles. The minimum absolute atomic E-state index is 0.0375. The predicted octanol–water partition coefficient (Wildman–Crippen LogP) is 1.12. The molecular formula is C12H16O5S. The van der Waals surface area contributed by atoms with Crippen LogP contribution in [0.3, 0.4) is 0 Å². The zero-order valence-electron chi connectivity index (χ0n) is 10.1. The highest BCUT2D eigenvalue weighted by Crippen LogP contribution is 2.13. The summed E-state index contributed by atoms with van der Waals surface area (Å²) in [4.78, 5) is 10.6. The molecule has 0 heterocycles. The van der Waals surface area contributed by atoms with Crippen molar-refractivity contribution in [1.29, 1.82) is 0 Å². The number of carboxylic acid groups (broad SMARTS) is 1. The van der Waals surface area contributed by atoms with Crippen molar-refractivity contribution in [3.63, 3.8) is 0 Å². The third-order valence-corrected chi connectivity index (χ3v) is 4.16. The summed E-state index contributed by atoms with van der Waals surface area (Å²) in [5.74, 6) is -0.926. The van der Waals surface area contributed by atoms with Gasteiger partial charge in [-0.25, -0.2) is 8.42 Å². The van der Waals surface area contributed by atoms with Gasteiger partial charge in [0, 0.05) is 13.5 Å². The van der Waals surface area contributed by atoms with Crippen LogP contribution in [0.25, 0.3) is 0 Å². The van der Waals surface area contributed by atoms with Crippen molar-refractivity contribution in [2.24, 2.45) is 0 Å². The van der Waals surface area contributed by atoms with Crippen molar-refractivity contribution >= 4 is 15.8 Å². The molecule has 1 rings (SSSR count). The summed E-state index contributed by atoms with van der Waals surface area (Å²) in [7, 11) is -1.86. The Balaban J connectivity index is 2.73. The fraction of sp³-hybridized carbons (Fsp3) is 0.417. The molecule has 0 radical (unpaired) electrons. The molecule has 0 saturated carbocycles. The van der Waals surface area contributed by atoms with E-state index in [-0.39, 0.29) is 23.7 Å². The lowest BCUT2D eigenvalue weighted by molar-refractivity contribution is -0.136. The van der Waals surface area contributed by atoms with Crippen molar-refractivity contribution in [2.45, 2.75) is 17.7 Å². The minimum Gasteiger partial charge on any atom is -0.481 e. The molecule has 0 fully saturated rings. The Labute approximate surface area is 106 Å². The van der Waals surface area contributed by atoms with Gasteiger partial charge in [0.2, 0.25) is 0 Å². The van der Waals surface area contributed by atoms with Crippen LogP contribution in [0.1, 0.15) is 12.0 Å². The highest BCUT2D eigenvalue weighted by atomic mass is 32.2. The smallest absolute Gasteiger partial charge is 0.303 e. The van der Waals surface area contributed by atoms with E-state index in [1.54, 1.807) is 12.1 Å². The second-order valence-electron chi connectivity index (χ2n) is 3.85. The largest absolute Gasteiger partial charge is 0.481 e. The molecule has 0 unspecified atom stereocenters. The second-order valence-corrected chi connectivity index (χ2v) is 5.96. The van der Waals surface area contributed by atoms with E-state index in [9.17, 15) is 13.2 Å². The molecule has 1 N–H and O–H groups in total. The summed E-state index contributed by atoms with van der Waals surface area (Å²) in [6, 6.07) is 6.29. The Hall–Kier alpha value is -1.40. The third kappa shape index (κ3) is 4.46. The van der Waals surface area contributed by atoms with Gasteiger partial charge in [0.15, 0.2) is 9.84 Å². The van der Waals surface area contributed by atoms with Crippen LogP contribution in [0, 0.1) is 0 Å². The number of sulfone groups is 1. The van der Waals surface area contributed by atoms with Gasteiger partial charge in [-0.1, -0.05) is 12.1 Å². The number of hydrogen-bond donors (Lipinski definition) is 1. The number of carboxylic acids is 1. The van der Waals surface area contributed by atoms with Gasteiger partial charge in [-0.3, -0.25) is 4.79 Å². The Morgan fingerprint density at radius 3 is 2.39 bits per heavy atom. The van der Waals surface area contributed by atoms with Crippen molar-refractivity contribution in [1.82, 2.24) is 0 Å². The first kappa shape index (κ1) is 14.7. The van der Waals surface area contributed by atoms with E-state index in [0.29, 0.717) is 6.42 Å². The van der Waals surface area contributed by atoms with Crippen molar-refractivity contribution in [2.75, 3.05) is 19.5 Å². The van der Waals surface area contributed by atoms with Gasteiger partial charge in [0.1, 0.15) is 0 Å². The molecule has 0 amide bonds. The first-order valence-corrected chi connectivity index (χ1v) is 7.13. The summed E-state index contributed by atoms with van der Waals surface area (Å²) in [6.45, 7) is 0.156.